The van der Waals surface area contributed by atoms with Crippen molar-refractivity contribution in [2.75, 3.05) is 11.9 Å². The maximum atomic E-state index is 9.14. The molecule has 0 amide bonds. The molecular weight excluding hydrogens is 279 g/mol. The molecule has 0 aliphatic heterocycles. The fraction of sp³-hybridized carbons (Fsp3) is 0.500. The highest BCUT2D eigenvalue weighted by atomic mass is 79.9. The second-order valence-electron chi connectivity index (χ2n) is 3.86. The summed E-state index contributed by atoms with van der Waals surface area (Å²) in [4.78, 5) is 4.17. The number of aromatic nitrogens is 1. The number of rotatable bonds is 3. The molecule has 0 bridgehead atoms. The standard InChI is InChI=1S/C10H12BrClN2O/c11-9-3-7(12)5-14-10(9)13-4-6-1-8(15)2-6/h3,5-6,8,15H,1-2,4H2,(H,13,14). The van der Waals surface area contributed by atoms with Gasteiger partial charge in [0.1, 0.15) is 5.82 Å². The monoisotopic (exact) mass is 290 g/mol. The smallest absolute Gasteiger partial charge is 0.140 e. The molecule has 0 saturated heterocycles. The molecule has 0 spiro atoms. The summed E-state index contributed by atoms with van der Waals surface area (Å²) in [5.41, 5.74) is 0. The molecule has 1 aromatic rings. The van der Waals surface area contributed by atoms with E-state index in [2.05, 4.69) is 26.2 Å². The van der Waals surface area contributed by atoms with Crippen molar-refractivity contribution in [3.63, 3.8) is 0 Å². The van der Waals surface area contributed by atoms with Gasteiger partial charge in [0.15, 0.2) is 0 Å². The van der Waals surface area contributed by atoms with Crippen molar-refractivity contribution in [2.45, 2.75) is 18.9 Å². The molecule has 5 heteroatoms. The molecule has 0 unspecified atom stereocenters. The average molecular weight is 292 g/mol. The van der Waals surface area contributed by atoms with E-state index >= 15 is 0 Å². The zero-order chi connectivity index (χ0) is 10.8. The van der Waals surface area contributed by atoms with Crippen LogP contribution in [0.3, 0.4) is 0 Å². The largest absolute Gasteiger partial charge is 0.393 e. The Hall–Kier alpha value is -0.320. The number of hydrogen-bond acceptors (Lipinski definition) is 3. The first-order valence-corrected chi connectivity index (χ1v) is 6.05. The molecule has 1 aliphatic carbocycles. The van der Waals surface area contributed by atoms with Crippen molar-refractivity contribution >= 4 is 33.3 Å². The van der Waals surface area contributed by atoms with Gasteiger partial charge < -0.3 is 10.4 Å². The second-order valence-corrected chi connectivity index (χ2v) is 5.15. The molecule has 1 heterocycles. The summed E-state index contributed by atoms with van der Waals surface area (Å²) < 4.78 is 0.870. The summed E-state index contributed by atoms with van der Waals surface area (Å²) in [6.07, 6.45) is 3.29. The van der Waals surface area contributed by atoms with Gasteiger partial charge in [-0.05, 0) is 40.8 Å². The van der Waals surface area contributed by atoms with Crippen molar-refractivity contribution < 1.29 is 5.11 Å². The molecule has 1 aromatic heterocycles. The van der Waals surface area contributed by atoms with Gasteiger partial charge in [-0.2, -0.15) is 0 Å². The third kappa shape index (κ3) is 2.83. The van der Waals surface area contributed by atoms with Crippen LogP contribution in [0.2, 0.25) is 5.02 Å². The minimum atomic E-state index is -0.0987. The van der Waals surface area contributed by atoms with Crippen molar-refractivity contribution in [2.24, 2.45) is 5.92 Å². The first kappa shape index (κ1) is 11.2. The van der Waals surface area contributed by atoms with Crippen LogP contribution in [0.1, 0.15) is 12.8 Å². The number of aliphatic hydroxyl groups excluding tert-OH is 1. The molecule has 2 N–H and O–H groups in total. The maximum absolute atomic E-state index is 9.14. The molecule has 15 heavy (non-hydrogen) atoms. The summed E-state index contributed by atoms with van der Waals surface area (Å²) in [6.45, 7) is 0.851. The predicted molar refractivity (Wildman–Crippen MR) is 64.2 cm³/mol. The predicted octanol–water partition coefficient (Wildman–Crippen LogP) is 2.68. The Morgan fingerprint density at radius 2 is 2.33 bits per heavy atom. The maximum Gasteiger partial charge on any atom is 0.140 e. The second kappa shape index (κ2) is 4.68. The molecule has 3 nitrogen and oxygen atoms in total. The highest BCUT2D eigenvalue weighted by molar-refractivity contribution is 9.10. The molecule has 1 fully saturated rings. The third-order valence-electron chi connectivity index (χ3n) is 2.58. The Morgan fingerprint density at radius 1 is 1.60 bits per heavy atom. The van der Waals surface area contributed by atoms with Gasteiger partial charge in [0.2, 0.25) is 0 Å². The summed E-state index contributed by atoms with van der Waals surface area (Å²) in [5, 5.41) is 13.0. The average Bonchev–Trinajstić information content (AvgIpc) is 2.13. The van der Waals surface area contributed by atoms with E-state index in [4.69, 9.17) is 16.7 Å². The number of pyridine rings is 1. The van der Waals surface area contributed by atoms with Gasteiger partial charge in [-0.15, -0.1) is 0 Å². The third-order valence-corrected chi connectivity index (χ3v) is 3.39. The molecule has 0 radical (unpaired) electrons. The highest BCUT2D eigenvalue weighted by Crippen LogP contribution is 2.28. The SMILES string of the molecule is OC1CC(CNc2ncc(Cl)cc2Br)C1. The van der Waals surface area contributed by atoms with Crippen LogP contribution in [-0.4, -0.2) is 22.7 Å². The summed E-state index contributed by atoms with van der Waals surface area (Å²) in [7, 11) is 0. The Labute approximate surface area is 102 Å². The van der Waals surface area contributed by atoms with Crippen molar-refractivity contribution in [1.82, 2.24) is 4.98 Å². The minimum absolute atomic E-state index is 0.0987. The van der Waals surface area contributed by atoms with Crippen LogP contribution in [0.5, 0.6) is 0 Å². The molecule has 82 valence electrons. The Balaban J connectivity index is 1.88. The van der Waals surface area contributed by atoms with E-state index in [-0.39, 0.29) is 6.10 Å². The molecule has 1 aliphatic rings. The first-order valence-electron chi connectivity index (χ1n) is 4.88. The van der Waals surface area contributed by atoms with Gasteiger partial charge in [-0.25, -0.2) is 4.98 Å². The van der Waals surface area contributed by atoms with Crippen molar-refractivity contribution in [3.05, 3.63) is 21.8 Å². The van der Waals surface area contributed by atoms with E-state index in [1.807, 2.05) is 6.07 Å². The lowest BCUT2D eigenvalue weighted by atomic mass is 9.82. The van der Waals surface area contributed by atoms with Crippen LogP contribution in [-0.2, 0) is 0 Å². The Kier molecular flexibility index (Phi) is 3.49. The fourth-order valence-electron chi connectivity index (χ4n) is 1.65. The number of anilines is 1. The van der Waals surface area contributed by atoms with Gasteiger partial charge in [-0.3, -0.25) is 0 Å². The number of nitrogens with one attached hydrogen (secondary N) is 1. The lowest BCUT2D eigenvalue weighted by molar-refractivity contribution is 0.0486. The zero-order valence-electron chi connectivity index (χ0n) is 8.08. The Morgan fingerprint density at radius 3 is 2.93 bits per heavy atom. The summed E-state index contributed by atoms with van der Waals surface area (Å²) in [6, 6.07) is 1.81. The quantitative estimate of drug-likeness (QED) is 0.900. The van der Waals surface area contributed by atoms with Crippen LogP contribution in [0, 0.1) is 5.92 Å². The van der Waals surface area contributed by atoms with E-state index in [9.17, 15) is 0 Å². The fourth-order valence-corrected chi connectivity index (χ4v) is 2.43. The van der Waals surface area contributed by atoms with E-state index in [0.717, 1.165) is 29.7 Å². The van der Waals surface area contributed by atoms with Crippen molar-refractivity contribution in [1.29, 1.82) is 0 Å². The number of hydrogen-bond donors (Lipinski definition) is 2. The van der Waals surface area contributed by atoms with Gasteiger partial charge in [0.25, 0.3) is 0 Å². The van der Waals surface area contributed by atoms with Crippen LogP contribution >= 0.6 is 27.5 Å². The molecular formula is C10H12BrClN2O. The number of halogens is 2. The van der Waals surface area contributed by atoms with Crippen molar-refractivity contribution in [3.8, 4) is 0 Å². The molecule has 2 rings (SSSR count). The van der Waals surface area contributed by atoms with E-state index in [1.54, 1.807) is 6.20 Å². The van der Waals surface area contributed by atoms with Crippen LogP contribution < -0.4 is 5.32 Å². The Bertz CT molecular complexity index is 355. The van der Waals surface area contributed by atoms with Gasteiger partial charge >= 0.3 is 0 Å². The minimum Gasteiger partial charge on any atom is -0.393 e. The van der Waals surface area contributed by atoms with Gasteiger partial charge in [0, 0.05) is 12.7 Å². The highest BCUT2D eigenvalue weighted by Gasteiger charge is 2.26. The van der Waals surface area contributed by atoms with Gasteiger partial charge in [-0.1, -0.05) is 11.6 Å². The lowest BCUT2D eigenvalue weighted by Crippen LogP contribution is -2.33. The van der Waals surface area contributed by atoms with E-state index < -0.39 is 0 Å². The molecule has 0 aromatic carbocycles. The number of aliphatic hydroxyl groups is 1. The number of nitrogens with zero attached hydrogens (tertiary/aromatic N) is 1. The summed E-state index contributed by atoms with van der Waals surface area (Å²) in [5.74, 6) is 1.37. The van der Waals surface area contributed by atoms with Crippen LogP contribution in [0.25, 0.3) is 0 Å². The topological polar surface area (TPSA) is 45.1 Å². The lowest BCUT2D eigenvalue weighted by Gasteiger charge is -2.31. The molecule has 0 atom stereocenters. The first-order chi connectivity index (χ1) is 7.15. The van der Waals surface area contributed by atoms with Gasteiger partial charge in [0.05, 0.1) is 15.6 Å². The normalized spacial score (nSPS) is 24.7. The molecule has 1 saturated carbocycles. The zero-order valence-corrected chi connectivity index (χ0v) is 10.4. The summed E-state index contributed by atoms with van der Waals surface area (Å²) >= 11 is 9.17. The van der Waals surface area contributed by atoms with Crippen LogP contribution in [0.4, 0.5) is 5.82 Å². The van der Waals surface area contributed by atoms with E-state index in [0.29, 0.717) is 10.9 Å². The van der Waals surface area contributed by atoms with Crippen LogP contribution in [0.15, 0.2) is 16.7 Å². The van der Waals surface area contributed by atoms with E-state index in [1.165, 1.54) is 0 Å².